The van der Waals surface area contributed by atoms with E-state index in [1.807, 2.05) is 73.7 Å². The molecule has 43 heavy (non-hydrogen) atoms. The molecule has 1 saturated carbocycles. The van der Waals surface area contributed by atoms with Crippen molar-refractivity contribution in [2.24, 2.45) is 0 Å². The highest BCUT2D eigenvalue weighted by molar-refractivity contribution is 6.04. The average Bonchev–Trinajstić information content (AvgIpc) is 3.04. The molecule has 1 fully saturated rings. The van der Waals surface area contributed by atoms with Gasteiger partial charge in [0.25, 0.3) is 0 Å². The molecule has 0 aromatic heterocycles. The van der Waals surface area contributed by atoms with Crippen molar-refractivity contribution in [3.05, 3.63) is 118 Å². The van der Waals surface area contributed by atoms with Crippen molar-refractivity contribution in [2.75, 3.05) is 7.11 Å². The van der Waals surface area contributed by atoms with Gasteiger partial charge in [-0.2, -0.15) is 0 Å². The van der Waals surface area contributed by atoms with Crippen LogP contribution in [0.25, 0.3) is 0 Å². The molecule has 1 aliphatic heterocycles. The number of Topliss-reactive ketones (excluding diaryl/α,β-unsaturated/α-hetero) is 1. The SMILES string of the molecule is COc1cc([C@@H]2C(C(=O)OC3CCCCC3)=C(C)NC3=C2C(=O)C[C@@H](c2ccccc2)C3)ccc1OCc1ccccc1. The summed E-state index contributed by atoms with van der Waals surface area (Å²) in [4.78, 5) is 27.9. The van der Waals surface area contributed by atoms with Crippen LogP contribution < -0.4 is 14.8 Å². The maximum Gasteiger partial charge on any atom is 0.337 e. The summed E-state index contributed by atoms with van der Waals surface area (Å²) in [5, 5.41) is 3.48. The number of benzene rings is 3. The van der Waals surface area contributed by atoms with Gasteiger partial charge in [0.05, 0.1) is 12.7 Å². The van der Waals surface area contributed by atoms with Crippen LogP contribution >= 0.6 is 0 Å². The van der Waals surface area contributed by atoms with Crippen LogP contribution in [0, 0.1) is 0 Å². The van der Waals surface area contributed by atoms with Gasteiger partial charge >= 0.3 is 5.97 Å². The first-order valence-corrected chi connectivity index (χ1v) is 15.4. The van der Waals surface area contributed by atoms with E-state index in [0.717, 1.165) is 53.8 Å². The summed E-state index contributed by atoms with van der Waals surface area (Å²) >= 11 is 0. The lowest BCUT2D eigenvalue weighted by molar-refractivity contribution is -0.146. The predicted octanol–water partition coefficient (Wildman–Crippen LogP) is 7.51. The highest BCUT2D eigenvalue weighted by atomic mass is 16.5. The molecule has 3 aromatic rings. The third-order valence-electron chi connectivity index (χ3n) is 8.90. The molecule has 3 aromatic carbocycles. The normalized spacial score (nSPS) is 20.7. The van der Waals surface area contributed by atoms with Gasteiger partial charge in [0, 0.05) is 29.3 Å². The van der Waals surface area contributed by atoms with Crippen molar-refractivity contribution in [1.82, 2.24) is 5.32 Å². The first-order valence-electron chi connectivity index (χ1n) is 15.4. The zero-order chi connectivity index (χ0) is 29.8. The van der Waals surface area contributed by atoms with E-state index in [4.69, 9.17) is 14.2 Å². The van der Waals surface area contributed by atoms with Gasteiger partial charge < -0.3 is 19.5 Å². The number of ether oxygens (including phenoxy) is 3. The molecule has 222 valence electrons. The van der Waals surface area contributed by atoms with Crippen LogP contribution in [0.4, 0.5) is 0 Å². The van der Waals surface area contributed by atoms with Crippen molar-refractivity contribution >= 4 is 11.8 Å². The highest BCUT2D eigenvalue weighted by Gasteiger charge is 2.42. The van der Waals surface area contributed by atoms with Crippen molar-refractivity contribution < 1.29 is 23.8 Å². The van der Waals surface area contributed by atoms with Gasteiger partial charge in [-0.1, -0.05) is 73.2 Å². The number of ketones is 1. The summed E-state index contributed by atoms with van der Waals surface area (Å²) in [7, 11) is 1.61. The van der Waals surface area contributed by atoms with E-state index in [9.17, 15) is 9.59 Å². The second-order valence-corrected chi connectivity index (χ2v) is 11.8. The molecule has 2 atom stereocenters. The predicted molar refractivity (Wildman–Crippen MR) is 166 cm³/mol. The Labute approximate surface area is 253 Å². The molecule has 1 heterocycles. The Bertz CT molecular complexity index is 1540. The van der Waals surface area contributed by atoms with Crippen LogP contribution in [-0.4, -0.2) is 25.0 Å². The zero-order valence-corrected chi connectivity index (χ0v) is 24.9. The second kappa shape index (κ2) is 12.9. The van der Waals surface area contributed by atoms with Crippen molar-refractivity contribution in [2.45, 2.75) is 76.4 Å². The Morgan fingerprint density at radius 2 is 1.58 bits per heavy atom. The fraction of sp³-hybridized carbons (Fsp3) is 0.351. The first kappa shape index (κ1) is 28.8. The molecule has 6 rings (SSSR count). The monoisotopic (exact) mass is 577 g/mol. The number of hydrogen-bond donors (Lipinski definition) is 1. The molecule has 0 bridgehead atoms. The van der Waals surface area contributed by atoms with Gasteiger partial charge in [-0.05, 0) is 73.8 Å². The third-order valence-corrected chi connectivity index (χ3v) is 8.90. The fourth-order valence-corrected chi connectivity index (χ4v) is 6.72. The standard InChI is InChI=1S/C37H39NO5/c1-24-34(37(40)43-29-16-10-5-11-17-29)35(36-30(38-24)20-28(21-31(36)39)26-14-8-4-9-15-26)27-18-19-32(33(22-27)41-2)42-23-25-12-6-3-7-13-25/h3-4,6-9,12-15,18-19,22,28-29,35,38H,5,10-11,16-17,20-21,23H2,1-2H3/t28-,35+/m0/s1. The molecule has 6 heteroatoms. The molecule has 0 saturated heterocycles. The molecular formula is C37H39NO5. The quantitative estimate of drug-likeness (QED) is 0.279. The zero-order valence-electron chi connectivity index (χ0n) is 24.9. The molecule has 0 unspecified atom stereocenters. The molecule has 2 aliphatic carbocycles. The summed E-state index contributed by atoms with van der Waals surface area (Å²) in [5.41, 5.74) is 5.75. The lowest BCUT2D eigenvalue weighted by atomic mass is 9.71. The van der Waals surface area contributed by atoms with Crippen molar-refractivity contribution in [3.63, 3.8) is 0 Å². The maximum atomic E-state index is 14.0. The minimum Gasteiger partial charge on any atom is -0.493 e. The third kappa shape index (κ3) is 6.24. The molecule has 0 spiro atoms. The van der Waals surface area contributed by atoms with Gasteiger partial charge in [0.15, 0.2) is 17.3 Å². The number of carbonyl (C=O) groups excluding carboxylic acids is 2. The van der Waals surface area contributed by atoms with Crippen LogP contribution in [0.1, 0.15) is 80.4 Å². The summed E-state index contributed by atoms with van der Waals surface area (Å²) in [6, 6.07) is 25.9. The van der Waals surface area contributed by atoms with Crippen LogP contribution in [-0.2, 0) is 20.9 Å². The molecule has 6 nitrogen and oxygen atoms in total. The van der Waals surface area contributed by atoms with E-state index in [-0.39, 0.29) is 23.8 Å². The van der Waals surface area contributed by atoms with Crippen LogP contribution in [0.3, 0.4) is 0 Å². The van der Waals surface area contributed by atoms with E-state index in [0.29, 0.717) is 42.1 Å². The van der Waals surface area contributed by atoms with Gasteiger partial charge in [-0.15, -0.1) is 0 Å². The molecular weight excluding hydrogens is 538 g/mol. The largest absolute Gasteiger partial charge is 0.493 e. The van der Waals surface area contributed by atoms with Crippen molar-refractivity contribution in [1.29, 1.82) is 0 Å². The minimum absolute atomic E-state index is 0.0476. The van der Waals surface area contributed by atoms with E-state index in [1.54, 1.807) is 7.11 Å². The Morgan fingerprint density at radius 3 is 2.30 bits per heavy atom. The maximum absolute atomic E-state index is 14.0. The lowest BCUT2D eigenvalue weighted by Gasteiger charge is -2.37. The Kier molecular flexibility index (Phi) is 8.64. The van der Waals surface area contributed by atoms with E-state index >= 15 is 0 Å². The van der Waals surface area contributed by atoms with Gasteiger partial charge in [-0.3, -0.25) is 4.79 Å². The van der Waals surface area contributed by atoms with E-state index in [2.05, 4.69) is 17.4 Å². The van der Waals surface area contributed by atoms with E-state index < -0.39 is 5.92 Å². The Morgan fingerprint density at radius 1 is 0.860 bits per heavy atom. The Hall–Kier alpha value is -4.32. The Balaban J connectivity index is 1.36. The first-order chi connectivity index (χ1) is 21.0. The summed E-state index contributed by atoms with van der Waals surface area (Å²) in [6.07, 6.45) is 6.05. The number of allylic oxidation sites excluding steroid dienone is 3. The van der Waals surface area contributed by atoms with Crippen LogP contribution in [0.15, 0.2) is 101 Å². The van der Waals surface area contributed by atoms with Gasteiger partial charge in [0.1, 0.15) is 12.7 Å². The highest BCUT2D eigenvalue weighted by Crippen LogP contribution is 2.47. The molecule has 0 radical (unpaired) electrons. The average molecular weight is 578 g/mol. The van der Waals surface area contributed by atoms with Crippen LogP contribution in [0.2, 0.25) is 0 Å². The van der Waals surface area contributed by atoms with Gasteiger partial charge in [0.2, 0.25) is 0 Å². The minimum atomic E-state index is -0.561. The topological polar surface area (TPSA) is 73.9 Å². The summed E-state index contributed by atoms with van der Waals surface area (Å²) in [6.45, 7) is 2.32. The number of methoxy groups -OCH3 is 1. The number of hydrogen-bond acceptors (Lipinski definition) is 6. The molecule has 3 aliphatic rings. The lowest BCUT2D eigenvalue weighted by Crippen LogP contribution is -2.37. The fourth-order valence-electron chi connectivity index (χ4n) is 6.72. The number of rotatable bonds is 8. The molecule has 0 amide bonds. The summed E-state index contributed by atoms with van der Waals surface area (Å²) in [5.74, 6) is 0.365. The number of esters is 1. The smallest absolute Gasteiger partial charge is 0.337 e. The van der Waals surface area contributed by atoms with Crippen LogP contribution in [0.5, 0.6) is 11.5 Å². The number of carbonyl (C=O) groups is 2. The summed E-state index contributed by atoms with van der Waals surface area (Å²) < 4.78 is 18.0. The van der Waals surface area contributed by atoms with E-state index in [1.165, 1.54) is 6.42 Å². The molecule has 1 N–H and O–H groups in total. The number of dihydropyridines is 1. The second-order valence-electron chi connectivity index (χ2n) is 11.8. The van der Waals surface area contributed by atoms with Gasteiger partial charge in [-0.25, -0.2) is 4.79 Å². The number of nitrogens with one attached hydrogen (secondary N) is 1. The van der Waals surface area contributed by atoms with Crippen molar-refractivity contribution in [3.8, 4) is 11.5 Å².